The van der Waals surface area contributed by atoms with E-state index < -0.39 is 0 Å². The summed E-state index contributed by atoms with van der Waals surface area (Å²) in [5.74, 6) is 0. The molecule has 6 heavy (non-hydrogen) atoms. The van der Waals surface area contributed by atoms with Crippen LogP contribution in [0, 0.1) is 0 Å². The fourth-order valence-corrected chi connectivity index (χ4v) is 0. The van der Waals surface area contributed by atoms with Crippen molar-refractivity contribution in [3.63, 3.8) is 0 Å². The predicted octanol–water partition coefficient (Wildman–Crippen LogP) is -1.64. The maximum atomic E-state index is 7.81. The zero-order valence-corrected chi connectivity index (χ0v) is 16.6. The summed E-state index contributed by atoms with van der Waals surface area (Å²) in [7, 11) is 0. The summed E-state index contributed by atoms with van der Waals surface area (Å²) < 4.78 is 7.81. The molecule has 0 heterocycles. The van der Waals surface area contributed by atoms with E-state index in [1.165, 1.54) is 0 Å². The molecule has 0 aromatic rings. The van der Waals surface area contributed by atoms with Gasteiger partial charge in [0.25, 0.3) is 0 Å². The van der Waals surface area contributed by atoms with E-state index in [-0.39, 0.29) is 136 Å². The number of rotatable bonds is 0. The van der Waals surface area contributed by atoms with Crippen LogP contribution in [0.25, 0.3) is 0 Å². The van der Waals surface area contributed by atoms with Crippen LogP contribution in [0.2, 0.25) is 0 Å². The molecule has 0 amide bonds. The quantitative estimate of drug-likeness (QED) is 0.296. The van der Waals surface area contributed by atoms with Crippen molar-refractivity contribution < 1.29 is 19.8 Å². The van der Waals surface area contributed by atoms with Crippen LogP contribution >= 0.6 is 0 Å². The molecule has 0 aromatic carbocycles. The molecule has 0 N–H and O–H groups in total. The summed E-state index contributed by atoms with van der Waals surface area (Å²) in [5.41, 5.74) is 0. The Morgan fingerprint density at radius 3 is 1.00 bits per heavy atom. The molecule has 1 nitrogen and oxygen atoms in total. The maximum Gasteiger partial charge on any atom is 0 e. The standard InChI is InChI=1S/2Bi.Ca.Cu.O.Sr. The zero-order valence-electron chi connectivity index (χ0n) is 3.02. The summed E-state index contributed by atoms with van der Waals surface area (Å²) >= 11 is 2.94. The smallest absolute Gasteiger partial charge is 0 e. The molecule has 0 atom stereocenters. The summed E-state index contributed by atoms with van der Waals surface area (Å²) in [6.07, 6.45) is 0. The first-order chi connectivity index (χ1) is 1.00. The summed E-state index contributed by atoms with van der Waals surface area (Å²) in [6.45, 7) is 0. The molecule has 0 spiro atoms. The van der Waals surface area contributed by atoms with Gasteiger partial charge in [0.2, 0.25) is 0 Å². The van der Waals surface area contributed by atoms with Gasteiger partial charge in [-0.3, -0.25) is 0 Å². The van der Waals surface area contributed by atoms with Crippen LogP contribution in [0.15, 0.2) is 0 Å². The van der Waals surface area contributed by atoms with Gasteiger partial charge in [-0.15, -0.1) is 0 Å². The Hall–Kier alpha value is 4.83. The van der Waals surface area contributed by atoms with Crippen molar-refractivity contribution in [1.82, 2.24) is 0 Å². The van der Waals surface area contributed by atoms with Crippen molar-refractivity contribution in [2.75, 3.05) is 0 Å². The number of hydrogen-bond donors (Lipinski definition) is 0. The Labute approximate surface area is 151 Å². The Bertz CT molecular complexity index is 13.5. The summed E-state index contributed by atoms with van der Waals surface area (Å²) in [4.78, 5) is 0. The van der Waals surface area contributed by atoms with E-state index in [1.54, 1.807) is 0 Å². The number of hydrogen-bond acceptors (Lipinski definition) is 1. The first kappa shape index (κ1) is 30.8. The minimum atomic E-state index is 0. The molecule has 6 heteroatoms. The van der Waals surface area contributed by atoms with Crippen LogP contribution in [0.3, 0.4) is 0 Å². The van der Waals surface area contributed by atoms with Crippen molar-refractivity contribution in [3.05, 3.63) is 0 Å². The molecule has 0 saturated heterocycles. The third-order valence-electron chi connectivity index (χ3n) is 0. The molecule has 0 saturated carbocycles. The van der Waals surface area contributed by atoms with Crippen molar-refractivity contribution in [3.8, 4) is 0 Å². The molecule has 10 radical (unpaired) electrons. The van der Waals surface area contributed by atoms with Gasteiger partial charge in [0.05, 0.1) is 0 Å². The molecular formula is Bi2CaCuOSr. The van der Waals surface area contributed by atoms with Gasteiger partial charge in [-0.05, 0) is 0 Å². The molecule has 0 aliphatic carbocycles. The average Bonchev–Trinajstić information content (AvgIpc) is 1.00. The van der Waals surface area contributed by atoms with Gasteiger partial charge >= 0.3 is 19.8 Å². The van der Waals surface area contributed by atoms with E-state index in [0.29, 0.717) is 0 Å². The Morgan fingerprint density at radius 1 is 1.00 bits per heavy atom. The normalized spacial score (nSPS) is 1.00. The second-order valence-corrected chi connectivity index (χ2v) is 0. The molecule has 0 aromatic heterocycles. The van der Waals surface area contributed by atoms with Crippen LogP contribution in [-0.4, -0.2) is 136 Å². The van der Waals surface area contributed by atoms with Crippen LogP contribution < -0.4 is 0 Å². The van der Waals surface area contributed by atoms with Gasteiger partial charge in [-0.25, -0.2) is 0 Å². The van der Waals surface area contributed by atoms with E-state index in [9.17, 15) is 0 Å². The minimum absolute atomic E-state index is 0. The van der Waals surface area contributed by atoms with E-state index >= 15 is 0 Å². The van der Waals surface area contributed by atoms with Gasteiger partial charge < -0.3 is 0 Å². The minimum Gasteiger partial charge on any atom is 0 e. The first-order valence-corrected chi connectivity index (χ1v) is 0.508. The summed E-state index contributed by atoms with van der Waals surface area (Å²) in [5, 5.41) is 0. The van der Waals surface area contributed by atoms with Crippen LogP contribution in [0.5, 0.6) is 0 Å². The maximum absolute atomic E-state index is 7.81. The fraction of sp³-hybridized carbons (Fsp3) is 0. The van der Waals surface area contributed by atoms with Gasteiger partial charge in [0.1, 0.15) is 0 Å². The molecule has 0 fully saturated rings. The Kier molecular flexibility index (Phi) is 169. The van der Waals surface area contributed by atoms with E-state index in [2.05, 4.69) is 15.9 Å². The second kappa shape index (κ2) is 32.9. The molecule has 0 unspecified atom stereocenters. The topological polar surface area (TPSA) is 17.1 Å². The SMILES string of the molecule is [Bi].[Bi].[Ca].[O]=[Cu].[Sr]. The molecule has 0 aliphatic rings. The third-order valence-corrected chi connectivity index (χ3v) is 0. The van der Waals surface area contributed by atoms with Crippen molar-refractivity contribution in [2.45, 2.75) is 0 Å². The van der Waals surface area contributed by atoms with Gasteiger partial charge in [-0.2, -0.15) is 0 Å². The predicted molar refractivity (Wildman–Crippen MR) is 23.7 cm³/mol. The molecular weight excluding hydrogens is 625 g/mol. The van der Waals surface area contributed by atoms with Crippen LogP contribution in [-0.2, 0) is 19.8 Å². The van der Waals surface area contributed by atoms with Crippen LogP contribution in [0.1, 0.15) is 0 Å². The van der Waals surface area contributed by atoms with Crippen molar-refractivity contribution in [1.29, 1.82) is 0 Å². The third kappa shape index (κ3) is 23.2. The molecule has 31 valence electrons. The molecule has 0 bridgehead atoms. The van der Waals surface area contributed by atoms with E-state index in [4.69, 9.17) is 3.83 Å². The van der Waals surface area contributed by atoms with Gasteiger partial charge in [-0.1, -0.05) is 0 Å². The second-order valence-electron chi connectivity index (χ2n) is 0. The first-order valence-electron chi connectivity index (χ1n) is 0.123. The van der Waals surface area contributed by atoms with E-state index in [1.807, 2.05) is 0 Å². The molecule has 0 rings (SSSR count). The van der Waals surface area contributed by atoms with Gasteiger partial charge in [0, 0.05) is 136 Å². The monoisotopic (exact) mass is 625 g/mol. The van der Waals surface area contributed by atoms with Crippen molar-refractivity contribution in [2.24, 2.45) is 0 Å². The van der Waals surface area contributed by atoms with Crippen molar-refractivity contribution >= 4 is 136 Å². The van der Waals surface area contributed by atoms with Gasteiger partial charge in [0.15, 0.2) is 0 Å². The van der Waals surface area contributed by atoms with Crippen LogP contribution in [0.4, 0.5) is 0 Å². The Balaban J connectivity index is -0.000000000833. The van der Waals surface area contributed by atoms with E-state index in [0.717, 1.165) is 0 Å². The summed E-state index contributed by atoms with van der Waals surface area (Å²) in [6, 6.07) is 0. The Morgan fingerprint density at radius 2 is 1.00 bits per heavy atom. The fourth-order valence-electron chi connectivity index (χ4n) is 0. The zero-order chi connectivity index (χ0) is 2.00. The largest absolute Gasteiger partial charge is 0 e. The molecule has 0 aliphatic heterocycles. The average molecular weight is 625 g/mol.